The second-order valence-corrected chi connectivity index (χ2v) is 6.02. The molecule has 0 saturated carbocycles. The van der Waals surface area contributed by atoms with E-state index in [1.165, 1.54) is 16.7 Å². The summed E-state index contributed by atoms with van der Waals surface area (Å²) in [5.41, 5.74) is 4.65. The lowest BCUT2D eigenvalue weighted by atomic mass is 10.1. The molecule has 0 amide bonds. The maximum atomic E-state index is 4.40. The number of aromatic nitrogens is 3. The highest BCUT2D eigenvalue weighted by Crippen LogP contribution is 2.10. The van der Waals surface area contributed by atoms with Gasteiger partial charge in [-0.1, -0.05) is 30.3 Å². The fourth-order valence-electron chi connectivity index (χ4n) is 2.72. The molecule has 6 nitrogen and oxygen atoms in total. The van der Waals surface area contributed by atoms with Crippen molar-refractivity contribution in [2.24, 2.45) is 4.99 Å². The molecule has 0 radical (unpaired) electrons. The predicted molar refractivity (Wildman–Crippen MR) is 104 cm³/mol. The fraction of sp³-hybridized carbons (Fsp3) is 0.250. The highest BCUT2D eigenvalue weighted by molar-refractivity contribution is 5.79. The lowest BCUT2D eigenvalue weighted by molar-refractivity contribution is 0.677. The van der Waals surface area contributed by atoms with E-state index in [-0.39, 0.29) is 0 Å². The molecule has 0 unspecified atom stereocenters. The van der Waals surface area contributed by atoms with Crippen molar-refractivity contribution in [1.29, 1.82) is 0 Å². The van der Waals surface area contributed by atoms with Crippen molar-refractivity contribution in [1.82, 2.24) is 25.4 Å². The van der Waals surface area contributed by atoms with Crippen LogP contribution in [0.5, 0.6) is 0 Å². The van der Waals surface area contributed by atoms with Crippen LogP contribution < -0.4 is 10.6 Å². The topological polar surface area (TPSA) is 67.1 Å². The van der Waals surface area contributed by atoms with Crippen molar-refractivity contribution in [3.8, 4) is 0 Å². The van der Waals surface area contributed by atoms with Crippen LogP contribution >= 0.6 is 0 Å². The predicted octanol–water partition coefficient (Wildman–Crippen LogP) is 2.50. The number of hydrogen-bond donors (Lipinski definition) is 2. The van der Waals surface area contributed by atoms with Crippen LogP contribution in [0.3, 0.4) is 0 Å². The Balaban J connectivity index is 1.60. The Hall–Kier alpha value is -3.15. The molecule has 0 saturated heterocycles. The first-order chi connectivity index (χ1) is 12.8. The SMILES string of the molecule is CN=C(NCc1ccccc1Cn1cccn1)NCc1ncccc1C. The van der Waals surface area contributed by atoms with Crippen molar-refractivity contribution in [3.63, 3.8) is 0 Å². The third kappa shape index (κ3) is 4.69. The number of aliphatic imine (C=N–C) groups is 1. The van der Waals surface area contributed by atoms with E-state index >= 15 is 0 Å². The minimum Gasteiger partial charge on any atom is -0.352 e. The fourth-order valence-corrected chi connectivity index (χ4v) is 2.72. The number of nitrogens with zero attached hydrogens (tertiary/aromatic N) is 4. The van der Waals surface area contributed by atoms with Gasteiger partial charge in [0.05, 0.1) is 18.8 Å². The molecule has 0 aliphatic carbocycles. The molecule has 0 atom stereocenters. The van der Waals surface area contributed by atoms with E-state index in [0.717, 1.165) is 18.2 Å². The van der Waals surface area contributed by atoms with Gasteiger partial charge in [-0.25, -0.2) is 0 Å². The van der Waals surface area contributed by atoms with E-state index in [0.29, 0.717) is 13.1 Å². The lowest BCUT2D eigenvalue weighted by Crippen LogP contribution is -2.36. The average Bonchev–Trinajstić information content (AvgIpc) is 3.17. The van der Waals surface area contributed by atoms with Crippen molar-refractivity contribution in [2.45, 2.75) is 26.6 Å². The maximum Gasteiger partial charge on any atom is 0.191 e. The molecule has 2 aromatic heterocycles. The smallest absolute Gasteiger partial charge is 0.191 e. The number of benzene rings is 1. The Morgan fingerprint density at radius 2 is 1.81 bits per heavy atom. The number of rotatable bonds is 6. The summed E-state index contributed by atoms with van der Waals surface area (Å²) in [6, 6.07) is 14.3. The van der Waals surface area contributed by atoms with E-state index in [9.17, 15) is 0 Å². The molecule has 0 aliphatic rings. The molecule has 2 N–H and O–H groups in total. The molecule has 0 fully saturated rings. The summed E-state index contributed by atoms with van der Waals surface area (Å²) in [7, 11) is 1.77. The van der Waals surface area contributed by atoms with E-state index in [4.69, 9.17) is 0 Å². The molecular weight excluding hydrogens is 324 g/mol. The van der Waals surface area contributed by atoms with Crippen LogP contribution in [0.25, 0.3) is 0 Å². The highest BCUT2D eigenvalue weighted by Gasteiger charge is 2.05. The second-order valence-electron chi connectivity index (χ2n) is 6.02. The molecule has 134 valence electrons. The van der Waals surface area contributed by atoms with Crippen LogP contribution in [-0.4, -0.2) is 27.8 Å². The summed E-state index contributed by atoms with van der Waals surface area (Å²) in [4.78, 5) is 8.71. The normalized spacial score (nSPS) is 11.4. The quantitative estimate of drug-likeness (QED) is 0.531. The van der Waals surface area contributed by atoms with Crippen LogP contribution in [0.15, 0.2) is 66.0 Å². The maximum absolute atomic E-state index is 4.40. The second kappa shape index (κ2) is 8.80. The van der Waals surface area contributed by atoms with E-state index < -0.39 is 0 Å². The highest BCUT2D eigenvalue weighted by atomic mass is 15.3. The molecule has 3 rings (SSSR count). The molecule has 3 aromatic rings. The molecule has 1 aromatic carbocycles. The van der Waals surface area contributed by atoms with Gasteiger partial charge in [0.15, 0.2) is 5.96 Å². The summed E-state index contributed by atoms with van der Waals surface area (Å²) in [5, 5.41) is 11.0. The van der Waals surface area contributed by atoms with Gasteiger partial charge in [-0.15, -0.1) is 0 Å². The third-order valence-electron chi connectivity index (χ3n) is 4.22. The largest absolute Gasteiger partial charge is 0.352 e. The van der Waals surface area contributed by atoms with Crippen LogP contribution in [0.2, 0.25) is 0 Å². The Morgan fingerprint density at radius 1 is 1.00 bits per heavy atom. The summed E-state index contributed by atoms with van der Waals surface area (Å²) in [6.45, 7) is 4.15. The summed E-state index contributed by atoms with van der Waals surface area (Å²) < 4.78 is 1.93. The molecule has 0 spiro atoms. The van der Waals surface area contributed by atoms with Crippen molar-refractivity contribution < 1.29 is 0 Å². The Kier molecular flexibility index (Phi) is 5.98. The van der Waals surface area contributed by atoms with Gasteiger partial charge in [0.1, 0.15) is 0 Å². The average molecular weight is 348 g/mol. The monoisotopic (exact) mass is 348 g/mol. The minimum absolute atomic E-state index is 0.640. The van der Waals surface area contributed by atoms with Crippen molar-refractivity contribution >= 4 is 5.96 Å². The molecule has 2 heterocycles. The van der Waals surface area contributed by atoms with Crippen LogP contribution in [0.1, 0.15) is 22.4 Å². The van der Waals surface area contributed by atoms with Gasteiger partial charge in [-0.05, 0) is 35.7 Å². The van der Waals surface area contributed by atoms with Crippen LogP contribution in [0, 0.1) is 6.92 Å². The van der Waals surface area contributed by atoms with Gasteiger partial charge in [-0.3, -0.25) is 14.7 Å². The van der Waals surface area contributed by atoms with E-state index in [1.807, 2.05) is 29.2 Å². The van der Waals surface area contributed by atoms with Gasteiger partial charge >= 0.3 is 0 Å². The van der Waals surface area contributed by atoms with Gasteiger partial charge in [0.25, 0.3) is 0 Å². The van der Waals surface area contributed by atoms with Crippen molar-refractivity contribution in [3.05, 3.63) is 83.4 Å². The first-order valence-electron chi connectivity index (χ1n) is 8.65. The summed E-state index contributed by atoms with van der Waals surface area (Å²) in [6.07, 6.45) is 5.58. The minimum atomic E-state index is 0.640. The standard InChI is InChI=1S/C20H24N6/c1-16-7-5-10-22-19(16)14-24-20(21-2)23-13-17-8-3-4-9-18(17)15-26-12-6-11-25-26/h3-12H,13-15H2,1-2H3,(H2,21,23,24). The van der Waals surface area contributed by atoms with Crippen LogP contribution in [-0.2, 0) is 19.6 Å². The van der Waals surface area contributed by atoms with Crippen LogP contribution in [0.4, 0.5) is 0 Å². The van der Waals surface area contributed by atoms with Crippen molar-refractivity contribution in [2.75, 3.05) is 7.05 Å². The third-order valence-corrected chi connectivity index (χ3v) is 4.22. The Labute approximate surface area is 154 Å². The summed E-state index contributed by atoms with van der Waals surface area (Å²) >= 11 is 0. The van der Waals surface area contributed by atoms with Gasteiger partial charge < -0.3 is 10.6 Å². The van der Waals surface area contributed by atoms with Gasteiger partial charge in [0.2, 0.25) is 0 Å². The van der Waals surface area contributed by atoms with E-state index in [2.05, 4.69) is 63.0 Å². The van der Waals surface area contributed by atoms with E-state index in [1.54, 1.807) is 13.2 Å². The zero-order valence-corrected chi connectivity index (χ0v) is 15.2. The molecule has 26 heavy (non-hydrogen) atoms. The Bertz CT molecular complexity index is 854. The van der Waals surface area contributed by atoms with Gasteiger partial charge in [0, 0.05) is 32.2 Å². The summed E-state index contributed by atoms with van der Waals surface area (Å²) in [5.74, 6) is 0.754. The number of nitrogens with one attached hydrogen (secondary N) is 2. The number of guanidine groups is 1. The first-order valence-corrected chi connectivity index (χ1v) is 8.65. The zero-order chi connectivity index (χ0) is 18.2. The molecular formula is C20H24N6. The Morgan fingerprint density at radius 3 is 2.54 bits per heavy atom. The number of hydrogen-bond acceptors (Lipinski definition) is 3. The zero-order valence-electron chi connectivity index (χ0n) is 15.2. The molecule has 6 heteroatoms. The lowest BCUT2D eigenvalue weighted by Gasteiger charge is -2.15. The first kappa shape index (κ1) is 17.7. The number of aryl methyl sites for hydroxylation is 1. The van der Waals surface area contributed by atoms with Gasteiger partial charge in [-0.2, -0.15) is 5.10 Å². The molecule has 0 aliphatic heterocycles. The molecule has 0 bridgehead atoms. The number of pyridine rings is 1.